The third kappa shape index (κ3) is 3.46. The standard InChI is InChI=1S/C14H21BrN2/c1-17(13-5-3-2-4-6-13)10-11-9-12(16)7-8-14(11)15/h7-9,13H,2-6,10,16H2,1H3. The molecule has 2 rings (SSSR count). The van der Waals surface area contributed by atoms with Crippen molar-refractivity contribution in [3.8, 4) is 0 Å². The molecule has 1 saturated carbocycles. The molecule has 1 aromatic carbocycles. The van der Waals surface area contributed by atoms with E-state index >= 15 is 0 Å². The van der Waals surface area contributed by atoms with Crippen molar-refractivity contribution in [2.75, 3.05) is 12.8 Å². The third-order valence-electron chi connectivity index (χ3n) is 3.69. The Bertz CT molecular complexity index is 372. The van der Waals surface area contributed by atoms with E-state index < -0.39 is 0 Å². The quantitative estimate of drug-likeness (QED) is 0.860. The fourth-order valence-electron chi connectivity index (χ4n) is 2.64. The maximum absolute atomic E-state index is 5.84. The molecule has 0 atom stereocenters. The lowest BCUT2D eigenvalue weighted by molar-refractivity contribution is 0.184. The van der Waals surface area contributed by atoms with E-state index in [0.717, 1.165) is 22.7 Å². The fraction of sp³-hybridized carbons (Fsp3) is 0.571. The number of nitrogens with zero attached hydrogens (tertiary/aromatic N) is 1. The lowest BCUT2D eigenvalue weighted by atomic mass is 9.94. The van der Waals surface area contributed by atoms with E-state index in [1.165, 1.54) is 37.7 Å². The van der Waals surface area contributed by atoms with Crippen LogP contribution in [0.4, 0.5) is 5.69 Å². The second kappa shape index (κ2) is 5.87. The van der Waals surface area contributed by atoms with Gasteiger partial charge in [0.15, 0.2) is 0 Å². The lowest BCUT2D eigenvalue weighted by Crippen LogP contribution is -2.32. The van der Waals surface area contributed by atoms with Gasteiger partial charge in [-0.3, -0.25) is 4.90 Å². The summed E-state index contributed by atoms with van der Waals surface area (Å²) in [5.41, 5.74) is 7.98. The zero-order valence-corrected chi connectivity index (χ0v) is 12.0. The SMILES string of the molecule is CN(Cc1cc(N)ccc1Br)C1CCCCC1. The van der Waals surface area contributed by atoms with Gasteiger partial charge in [-0.25, -0.2) is 0 Å². The normalized spacial score (nSPS) is 17.6. The predicted octanol–water partition coefficient (Wildman–Crippen LogP) is 3.80. The first kappa shape index (κ1) is 12.9. The van der Waals surface area contributed by atoms with Gasteiger partial charge in [-0.15, -0.1) is 0 Å². The summed E-state index contributed by atoms with van der Waals surface area (Å²) in [6.45, 7) is 0.982. The minimum Gasteiger partial charge on any atom is -0.399 e. The molecule has 1 aliphatic carbocycles. The molecule has 1 aliphatic rings. The highest BCUT2D eigenvalue weighted by Crippen LogP contribution is 2.25. The van der Waals surface area contributed by atoms with Crippen molar-refractivity contribution in [1.82, 2.24) is 4.90 Å². The van der Waals surface area contributed by atoms with Crippen LogP contribution in [0.1, 0.15) is 37.7 Å². The summed E-state index contributed by atoms with van der Waals surface area (Å²) in [6, 6.07) is 6.80. The molecule has 0 aromatic heterocycles. The Hall–Kier alpha value is -0.540. The number of nitrogen functional groups attached to an aromatic ring is 1. The van der Waals surface area contributed by atoms with Gasteiger partial charge >= 0.3 is 0 Å². The van der Waals surface area contributed by atoms with Gasteiger partial charge in [0.25, 0.3) is 0 Å². The van der Waals surface area contributed by atoms with E-state index in [9.17, 15) is 0 Å². The molecule has 0 spiro atoms. The molecule has 2 N–H and O–H groups in total. The second-order valence-electron chi connectivity index (χ2n) is 5.06. The van der Waals surface area contributed by atoms with Crippen LogP contribution in [0.3, 0.4) is 0 Å². The molecule has 94 valence electrons. The highest BCUT2D eigenvalue weighted by Gasteiger charge is 2.18. The molecule has 0 heterocycles. The first-order valence-electron chi connectivity index (χ1n) is 6.41. The van der Waals surface area contributed by atoms with Crippen molar-refractivity contribution in [1.29, 1.82) is 0 Å². The van der Waals surface area contributed by atoms with Crippen LogP contribution in [-0.4, -0.2) is 18.0 Å². The molecule has 0 amide bonds. The molecule has 0 unspecified atom stereocenters. The van der Waals surface area contributed by atoms with E-state index in [4.69, 9.17) is 5.73 Å². The minimum absolute atomic E-state index is 0.747. The van der Waals surface area contributed by atoms with Gasteiger partial charge < -0.3 is 5.73 Å². The number of hydrogen-bond donors (Lipinski definition) is 1. The van der Waals surface area contributed by atoms with Crippen LogP contribution in [-0.2, 0) is 6.54 Å². The zero-order valence-electron chi connectivity index (χ0n) is 10.5. The average molecular weight is 297 g/mol. The van der Waals surface area contributed by atoms with Crippen molar-refractivity contribution in [3.05, 3.63) is 28.2 Å². The Morgan fingerprint density at radius 1 is 1.29 bits per heavy atom. The van der Waals surface area contributed by atoms with Gasteiger partial charge in [0.2, 0.25) is 0 Å². The number of rotatable bonds is 3. The van der Waals surface area contributed by atoms with E-state index in [0.29, 0.717) is 0 Å². The predicted molar refractivity (Wildman–Crippen MR) is 76.9 cm³/mol. The Balaban J connectivity index is 2.01. The highest BCUT2D eigenvalue weighted by molar-refractivity contribution is 9.10. The summed E-state index contributed by atoms with van der Waals surface area (Å²) < 4.78 is 1.16. The van der Waals surface area contributed by atoms with Gasteiger partial charge in [0, 0.05) is 22.7 Å². The molecule has 1 fully saturated rings. The summed E-state index contributed by atoms with van der Waals surface area (Å²) in [6.07, 6.45) is 6.86. The number of hydrogen-bond acceptors (Lipinski definition) is 2. The van der Waals surface area contributed by atoms with Crippen LogP contribution >= 0.6 is 15.9 Å². The van der Waals surface area contributed by atoms with E-state index in [1.54, 1.807) is 0 Å². The number of anilines is 1. The average Bonchev–Trinajstić information content (AvgIpc) is 2.35. The fourth-order valence-corrected chi connectivity index (χ4v) is 3.01. The third-order valence-corrected chi connectivity index (χ3v) is 4.46. The molecule has 2 nitrogen and oxygen atoms in total. The summed E-state index contributed by atoms with van der Waals surface area (Å²) in [4.78, 5) is 2.47. The summed E-state index contributed by atoms with van der Waals surface area (Å²) in [5.74, 6) is 0. The van der Waals surface area contributed by atoms with Crippen LogP contribution in [0.2, 0.25) is 0 Å². The largest absolute Gasteiger partial charge is 0.399 e. The van der Waals surface area contributed by atoms with Crippen molar-refractivity contribution < 1.29 is 0 Å². The molecule has 0 saturated heterocycles. The highest BCUT2D eigenvalue weighted by atomic mass is 79.9. The molecule has 17 heavy (non-hydrogen) atoms. The van der Waals surface area contributed by atoms with Gasteiger partial charge in [-0.1, -0.05) is 35.2 Å². The second-order valence-corrected chi connectivity index (χ2v) is 5.91. The molecule has 3 heteroatoms. The number of halogens is 1. The van der Waals surface area contributed by atoms with Crippen LogP contribution < -0.4 is 5.73 Å². The molecule has 1 aromatic rings. The van der Waals surface area contributed by atoms with Gasteiger partial charge in [-0.2, -0.15) is 0 Å². The van der Waals surface area contributed by atoms with Crippen molar-refractivity contribution in [2.45, 2.75) is 44.7 Å². The number of benzene rings is 1. The number of nitrogens with two attached hydrogens (primary N) is 1. The molecule has 0 bridgehead atoms. The Morgan fingerprint density at radius 2 is 2.00 bits per heavy atom. The van der Waals surface area contributed by atoms with Crippen molar-refractivity contribution in [2.24, 2.45) is 0 Å². The van der Waals surface area contributed by atoms with E-state index in [-0.39, 0.29) is 0 Å². The molecule has 0 aliphatic heterocycles. The molecular formula is C14H21BrN2. The molecular weight excluding hydrogens is 276 g/mol. The maximum Gasteiger partial charge on any atom is 0.0318 e. The smallest absolute Gasteiger partial charge is 0.0318 e. The Labute approximate surface area is 112 Å². The summed E-state index contributed by atoms with van der Waals surface area (Å²) in [5, 5.41) is 0. The van der Waals surface area contributed by atoms with E-state index in [1.807, 2.05) is 12.1 Å². The minimum atomic E-state index is 0.747. The first-order valence-corrected chi connectivity index (χ1v) is 7.20. The lowest BCUT2D eigenvalue weighted by Gasteiger charge is -2.31. The van der Waals surface area contributed by atoms with Crippen LogP contribution in [0.25, 0.3) is 0 Å². The summed E-state index contributed by atoms with van der Waals surface area (Å²) in [7, 11) is 2.23. The maximum atomic E-state index is 5.84. The summed E-state index contributed by atoms with van der Waals surface area (Å²) >= 11 is 3.60. The van der Waals surface area contributed by atoms with Crippen LogP contribution in [0.15, 0.2) is 22.7 Å². The van der Waals surface area contributed by atoms with E-state index in [2.05, 4.69) is 33.9 Å². The first-order chi connectivity index (χ1) is 8.16. The Morgan fingerprint density at radius 3 is 2.71 bits per heavy atom. The van der Waals surface area contributed by atoms with Crippen LogP contribution in [0, 0.1) is 0 Å². The van der Waals surface area contributed by atoms with Gasteiger partial charge in [-0.05, 0) is 43.7 Å². The van der Waals surface area contributed by atoms with Gasteiger partial charge in [0.05, 0.1) is 0 Å². The zero-order chi connectivity index (χ0) is 12.3. The van der Waals surface area contributed by atoms with Crippen LogP contribution in [0.5, 0.6) is 0 Å². The van der Waals surface area contributed by atoms with Gasteiger partial charge in [0.1, 0.15) is 0 Å². The van der Waals surface area contributed by atoms with Crippen molar-refractivity contribution in [3.63, 3.8) is 0 Å². The topological polar surface area (TPSA) is 29.3 Å². The van der Waals surface area contributed by atoms with Crippen molar-refractivity contribution >= 4 is 21.6 Å². The Kier molecular flexibility index (Phi) is 4.46. The monoisotopic (exact) mass is 296 g/mol. The molecule has 0 radical (unpaired) electrons.